The SMILES string of the molecule is CC1CNC(CO)CN1c1ccccc1Cl. The van der Waals surface area contributed by atoms with Crippen LogP contribution in [0.3, 0.4) is 0 Å². The molecule has 0 aromatic heterocycles. The normalized spacial score (nSPS) is 25.8. The van der Waals surface area contributed by atoms with Crippen molar-refractivity contribution in [2.45, 2.75) is 19.0 Å². The standard InChI is InChI=1S/C12H17ClN2O/c1-9-6-14-10(8-16)7-15(9)12-5-3-2-4-11(12)13/h2-5,9-10,14,16H,6-8H2,1H3. The molecule has 2 N–H and O–H groups in total. The van der Waals surface area contributed by atoms with Crippen LogP contribution >= 0.6 is 11.6 Å². The number of hydrogen-bond donors (Lipinski definition) is 2. The van der Waals surface area contributed by atoms with E-state index < -0.39 is 0 Å². The Bertz CT molecular complexity index is 359. The van der Waals surface area contributed by atoms with Crippen LogP contribution in [0.1, 0.15) is 6.92 Å². The Labute approximate surface area is 101 Å². The van der Waals surface area contributed by atoms with Crippen molar-refractivity contribution in [3.05, 3.63) is 29.3 Å². The molecule has 88 valence electrons. The molecule has 4 heteroatoms. The van der Waals surface area contributed by atoms with Crippen LogP contribution in [0.4, 0.5) is 5.69 Å². The van der Waals surface area contributed by atoms with E-state index in [4.69, 9.17) is 11.6 Å². The average molecular weight is 241 g/mol. The molecule has 0 bridgehead atoms. The number of halogens is 1. The number of piperazine rings is 1. The topological polar surface area (TPSA) is 35.5 Å². The molecule has 1 aliphatic heterocycles. The zero-order chi connectivity index (χ0) is 11.5. The van der Waals surface area contributed by atoms with Gasteiger partial charge in [0.25, 0.3) is 0 Å². The molecule has 0 spiro atoms. The Balaban J connectivity index is 2.21. The van der Waals surface area contributed by atoms with E-state index in [1.54, 1.807) is 0 Å². The van der Waals surface area contributed by atoms with Crippen molar-refractivity contribution in [2.24, 2.45) is 0 Å². The summed E-state index contributed by atoms with van der Waals surface area (Å²) in [5, 5.41) is 13.3. The lowest BCUT2D eigenvalue weighted by Crippen LogP contribution is -2.57. The molecular weight excluding hydrogens is 224 g/mol. The molecule has 0 saturated carbocycles. The third-order valence-electron chi connectivity index (χ3n) is 3.03. The first-order valence-corrected chi connectivity index (χ1v) is 5.95. The van der Waals surface area contributed by atoms with E-state index in [1.165, 1.54) is 0 Å². The number of benzene rings is 1. The molecule has 1 saturated heterocycles. The van der Waals surface area contributed by atoms with Gasteiger partial charge in [0.1, 0.15) is 0 Å². The maximum Gasteiger partial charge on any atom is 0.0639 e. The predicted molar refractivity (Wildman–Crippen MR) is 67.1 cm³/mol. The zero-order valence-electron chi connectivity index (χ0n) is 9.36. The highest BCUT2D eigenvalue weighted by Gasteiger charge is 2.25. The molecule has 1 heterocycles. The van der Waals surface area contributed by atoms with Gasteiger partial charge >= 0.3 is 0 Å². The van der Waals surface area contributed by atoms with E-state index in [9.17, 15) is 5.11 Å². The Morgan fingerprint density at radius 2 is 2.25 bits per heavy atom. The fourth-order valence-corrected chi connectivity index (χ4v) is 2.32. The number of aliphatic hydroxyl groups excluding tert-OH is 1. The quantitative estimate of drug-likeness (QED) is 0.823. The number of nitrogens with one attached hydrogen (secondary N) is 1. The van der Waals surface area contributed by atoms with Gasteiger partial charge in [-0.3, -0.25) is 0 Å². The number of anilines is 1. The lowest BCUT2D eigenvalue weighted by atomic mass is 10.1. The number of aliphatic hydroxyl groups is 1. The van der Waals surface area contributed by atoms with Crippen LogP contribution in [0.5, 0.6) is 0 Å². The first kappa shape index (κ1) is 11.7. The Kier molecular flexibility index (Phi) is 3.69. The van der Waals surface area contributed by atoms with Crippen LogP contribution in [0.25, 0.3) is 0 Å². The lowest BCUT2D eigenvalue weighted by molar-refractivity contribution is 0.227. The van der Waals surface area contributed by atoms with Crippen LogP contribution in [0, 0.1) is 0 Å². The third kappa shape index (κ3) is 2.32. The van der Waals surface area contributed by atoms with E-state index in [2.05, 4.69) is 17.1 Å². The predicted octanol–water partition coefficient (Wildman–Crippen LogP) is 1.50. The Hall–Kier alpha value is -0.770. The third-order valence-corrected chi connectivity index (χ3v) is 3.35. The molecule has 0 aliphatic carbocycles. The molecule has 0 amide bonds. The van der Waals surface area contributed by atoms with Crippen LogP contribution in [0.2, 0.25) is 5.02 Å². The minimum Gasteiger partial charge on any atom is -0.395 e. The minimum atomic E-state index is 0.132. The Morgan fingerprint density at radius 3 is 2.94 bits per heavy atom. The number of para-hydroxylation sites is 1. The van der Waals surface area contributed by atoms with Crippen LogP contribution in [0.15, 0.2) is 24.3 Å². The monoisotopic (exact) mass is 240 g/mol. The van der Waals surface area contributed by atoms with E-state index in [0.717, 1.165) is 23.8 Å². The number of nitrogens with zero attached hydrogens (tertiary/aromatic N) is 1. The first-order valence-electron chi connectivity index (χ1n) is 5.57. The van der Waals surface area contributed by atoms with Crippen molar-refractivity contribution < 1.29 is 5.11 Å². The van der Waals surface area contributed by atoms with Gasteiger partial charge in [0.15, 0.2) is 0 Å². The lowest BCUT2D eigenvalue weighted by Gasteiger charge is -2.40. The summed E-state index contributed by atoms with van der Waals surface area (Å²) in [6.45, 7) is 3.98. The molecule has 1 aromatic carbocycles. The highest BCUT2D eigenvalue weighted by Crippen LogP contribution is 2.27. The van der Waals surface area contributed by atoms with Gasteiger partial charge in [-0.2, -0.15) is 0 Å². The van der Waals surface area contributed by atoms with Gasteiger partial charge in [-0.1, -0.05) is 23.7 Å². The molecule has 1 aliphatic rings. The summed E-state index contributed by atoms with van der Waals surface area (Å²) in [5.74, 6) is 0. The van der Waals surface area contributed by atoms with E-state index in [-0.39, 0.29) is 12.6 Å². The first-order chi connectivity index (χ1) is 7.72. The van der Waals surface area contributed by atoms with Crippen molar-refractivity contribution in [3.8, 4) is 0 Å². The summed E-state index contributed by atoms with van der Waals surface area (Å²) >= 11 is 6.19. The number of hydrogen-bond acceptors (Lipinski definition) is 3. The summed E-state index contributed by atoms with van der Waals surface area (Å²) in [6.07, 6.45) is 0. The second kappa shape index (κ2) is 5.04. The van der Waals surface area contributed by atoms with Crippen LogP contribution in [-0.2, 0) is 0 Å². The van der Waals surface area contributed by atoms with Gasteiger partial charge < -0.3 is 15.3 Å². The summed E-state index contributed by atoms with van der Waals surface area (Å²) in [6, 6.07) is 8.37. The molecule has 1 aromatic rings. The molecule has 0 radical (unpaired) electrons. The fourth-order valence-electron chi connectivity index (χ4n) is 2.07. The maximum atomic E-state index is 9.19. The summed E-state index contributed by atoms with van der Waals surface area (Å²) in [4.78, 5) is 2.25. The molecule has 3 nitrogen and oxygen atoms in total. The fraction of sp³-hybridized carbons (Fsp3) is 0.500. The summed E-state index contributed by atoms with van der Waals surface area (Å²) in [7, 11) is 0. The molecule has 16 heavy (non-hydrogen) atoms. The van der Waals surface area contributed by atoms with Crippen molar-refractivity contribution in [1.29, 1.82) is 0 Å². The van der Waals surface area contributed by atoms with Gasteiger partial charge in [0.2, 0.25) is 0 Å². The van der Waals surface area contributed by atoms with Gasteiger partial charge in [-0.25, -0.2) is 0 Å². The summed E-state index contributed by atoms with van der Waals surface area (Å²) < 4.78 is 0. The van der Waals surface area contributed by atoms with Gasteiger partial charge in [0.05, 0.1) is 17.3 Å². The smallest absolute Gasteiger partial charge is 0.0639 e. The van der Waals surface area contributed by atoms with E-state index in [0.29, 0.717) is 6.04 Å². The average Bonchev–Trinajstić information content (AvgIpc) is 2.31. The Morgan fingerprint density at radius 1 is 1.50 bits per heavy atom. The molecule has 1 fully saturated rings. The molecule has 2 rings (SSSR count). The second-order valence-corrected chi connectivity index (χ2v) is 4.65. The van der Waals surface area contributed by atoms with Crippen molar-refractivity contribution >= 4 is 17.3 Å². The van der Waals surface area contributed by atoms with Crippen LogP contribution in [-0.4, -0.2) is 36.9 Å². The summed E-state index contributed by atoms with van der Waals surface area (Å²) in [5.41, 5.74) is 1.05. The number of rotatable bonds is 2. The molecule has 2 atom stereocenters. The second-order valence-electron chi connectivity index (χ2n) is 4.24. The molecule has 2 unspecified atom stereocenters. The molecular formula is C12H17ClN2O. The highest BCUT2D eigenvalue weighted by molar-refractivity contribution is 6.33. The largest absolute Gasteiger partial charge is 0.395 e. The van der Waals surface area contributed by atoms with Gasteiger partial charge in [-0.15, -0.1) is 0 Å². The van der Waals surface area contributed by atoms with Crippen molar-refractivity contribution in [2.75, 3.05) is 24.6 Å². The maximum absolute atomic E-state index is 9.19. The van der Waals surface area contributed by atoms with Crippen molar-refractivity contribution in [1.82, 2.24) is 5.32 Å². The van der Waals surface area contributed by atoms with E-state index in [1.807, 2.05) is 24.3 Å². The minimum absolute atomic E-state index is 0.132. The highest BCUT2D eigenvalue weighted by atomic mass is 35.5. The van der Waals surface area contributed by atoms with Gasteiger partial charge in [-0.05, 0) is 19.1 Å². The van der Waals surface area contributed by atoms with Crippen molar-refractivity contribution in [3.63, 3.8) is 0 Å². The van der Waals surface area contributed by atoms with E-state index >= 15 is 0 Å². The van der Waals surface area contributed by atoms with Crippen LogP contribution < -0.4 is 10.2 Å². The zero-order valence-corrected chi connectivity index (χ0v) is 10.1. The van der Waals surface area contributed by atoms with Gasteiger partial charge in [0, 0.05) is 25.2 Å².